The lowest BCUT2D eigenvalue weighted by molar-refractivity contribution is -0.147. The Morgan fingerprint density at radius 2 is 1.94 bits per heavy atom. The van der Waals surface area contributed by atoms with Gasteiger partial charge in [-0.2, -0.15) is 8.78 Å². The molecule has 5 nitrogen and oxygen atoms in total. The molecule has 2 atom stereocenters. The van der Waals surface area contributed by atoms with E-state index in [0.29, 0.717) is 25.1 Å². The Labute approximate surface area is 193 Å². The molecule has 0 spiro atoms. The number of alkyl halides is 2. The van der Waals surface area contributed by atoms with E-state index in [-0.39, 0.29) is 28.9 Å². The number of aliphatic hydroxyl groups excluding tert-OH is 1. The average Bonchev–Trinajstić information content (AvgIpc) is 2.75. The van der Waals surface area contributed by atoms with Crippen molar-refractivity contribution in [2.45, 2.75) is 76.5 Å². The summed E-state index contributed by atoms with van der Waals surface area (Å²) in [6, 6.07) is 6.91. The second kappa shape index (κ2) is 12.9. The number of carbonyl (C=O) groups is 2. The minimum atomic E-state index is -3.41. The number of thioether (sulfide) groups is 1. The highest BCUT2D eigenvalue weighted by Gasteiger charge is 2.39. The summed E-state index contributed by atoms with van der Waals surface area (Å²) in [5.74, 6) is -2.99. The number of hydrogen-bond donors (Lipinski definition) is 1. The van der Waals surface area contributed by atoms with Crippen LogP contribution in [0.15, 0.2) is 42.5 Å². The van der Waals surface area contributed by atoms with E-state index >= 15 is 0 Å². The smallest absolute Gasteiger partial charge is 0.306 e. The van der Waals surface area contributed by atoms with Gasteiger partial charge in [0.1, 0.15) is 6.10 Å². The number of unbranched alkanes of at least 4 members (excludes halogenated alkanes) is 3. The van der Waals surface area contributed by atoms with E-state index in [1.165, 1.54) is 42.1 Å². The van der Waals surface area contributed by atoms with Crippen LogP contribution in [-0.2, 0) is 15.5 Å². The summed E-state index contributed by atoms with van der Waals surface area (Å²) in [5, 5.41) is 10.0. The summed E-state index contributed by atoms with van der Waals surface area (Å²) in [6.07, 6.45) is 4.79. The predicted octanol–water partition coefficient (Wildman–Crippen LogP) is 5.53. The van der Waals surface area contributed by atoms with Crippen molar-refractivity contribution in [3.63, 3.8) is 0 Å². The molecular formula is C24H33F2NO4S. The number of rotatable bonds is 12. The Morgan fingerprint density at radius 1 is 1.25 bits per heavy atom. The molecule has 0 unspecified atom stereocenters. The first-order chi connectivity index (χ1) is 15.2. The largest absolute Gasteiger partial charge is 0.463 e. The van der Waals surface area contributed by atoms with Crippen LogP contribution in [0.3, 0.4) is 0 Å². The first kappa shape index (κ1) is 26.3. The van der Waals surface area contributed by atoms with Gasteiger partial charge >= 0.3 is 11.9 Å². The highest BCUT2D eigenvalue weighted by Crippen LogP contribution is 2.33. The summed E-state index contributed by atoms with van der Waals surface area (Å²) in [4.78, 5) is 25.6. The van der Waals surface area contributed by atoms with Crippen LogP contribution in [0.5, 0.6) is 0 Å². The van der Waals surface area contributed by atoms with Crippen LogP contribution in [0.25, 0.3) is 0 Å². The van der Waals surface area contributed by atoms with Gasteiger partial charge in [-0.3, -0.25) is 9.59 Å². The molecule has 8 heteroatoms. The van der Waals surface area contributed by atoms with Gasteiger partial charge in [0, 0.05) is 24.3 Å². The Hall–Kier alpha value is -1.93. The van der Waals surface area contributed by atoms with Crippen molar-refractivity contribution in [2.75, 3.05) is 12.3 Å². The zero-order chi connectivity index (χ0) is 23.6. The molecule has 1 aliphatic heterocycles. The Morgan fingerprint density at radius 3 is 2.62 bits per heavy atom. The monoisotopic (exact) mass is 469 g/mol. The molecule has 0 aliphatic carbocycles. The van der Waals surface area contributed by atoms with Crippen molar-refractivity contribution in [3.05, 3.63) is 48.0 Å². The fourth-order valence-corrected chi connectivity index (χ4v) is 4.44. The summed E-state index contributed by atoms with van der Waals surface area (Å²) in [6.45, 7) is 4.15. The van der Waals surface area contributed by atoms with Crippen molar-refractivity contribution >= 4 is 23.0 Å². The number of nitrogens with zero attached hydrogens (tertiary/aromatic N) is 1. The number of benzene rings is 1. The third-order valence-electron chi connectivity index (χ3n) is 5.22. The maximum atomic E-state index is 14.5. The van der Waals surface area contributed by atoms with Crippen molar-refractivity contribution < 1.29 is 28.2 Å². The summed E-state index contributed by atoms with van der Waals surface area (Å²) >= 11 is 1.23. The molecule has 0 saturated carbocycles. The third-order valence-corrected chi connectivity index (χ3v) is 6.14. The molecule has 178 valence electrons. The highest BCUT2D eigenvalue weighted by atomic mass is 32.2. The molecule has 1 aliphatic rings. The molecule has 0 bridgehead atoms. The molecule has 1 N–H and O–H groups in total. The van der Waals surface area contributed by atoms with Gasteiger partial charge in [-0.05, 0) is 33.1 Å². The van der Waals surface area contributed by atoms with Crippen molar-refractivity contribution in [1.82, 2.24) is 4.90 Å². The maximum absolute atomic E-state index is 14.5. The van der Waals surface area contributed by atoms with Gasteiger partial charge in [-0.1, -0.05) is 67.1 Å². The quantitative estimate of drug-likeness (QED) is 0.248. The molecule has 1 amide bonds. The minimum absolute atomic E-state index is 0.0734. The van der Waals surface area contributed by atoms with Gasteiger partial charge in [0.2, 0.25) is 0 Å². The molecule has 1 aromatic carbocycles. The topological polar surface area (TPSA) is 66.8 Å². The lowest BCUT2D eigenvalue weighted by atomic mass is 10.0. The Kier molecular flexibility index (Phi) is 10.6. The van der Waals surface area contributed by atoms with Crippen LogP contribution in [-0.4, -0.2) is 51.8 Å². The molecular weight excluding hydrogens is 436 g/mol. The van der Waals surface area contributed by atoms with E-state index in [0.717, 1.165) is 31.8 Å². The molecule has 1 fully saturated rings. The van der Waals surface area contributed by atoms with E-state index < -0.39 is 12.0 Å². The highest BCUT2D eigenvalue weighted by molar-refractivity contribution is 8.13. The summed E-state index contributed by atoms with van der Waals surface area (Å²) < 4.78 is 34.1. The number of halogens is 2. The fourth-order valence-electron chi connectivity index (χ4n) is 3.51. The normalized spacial score (nSPS) is 18.4. The molecule has 1 heterocycles. The van der Waals surface area contributed by atoms with E-state index in [2.05, 4.69) is 0 Å². The average molecular weight is 470 g/mol. The number of carbonyl (C=O) groups excluding carboxylic acids is 2. The number of amides is 1. The molecule has 0 radical (unpaired) electrons. The number of esters is 1. The van der Waals surface area contributed by atoms with Gasteiger partial charge in [-0.15, -0.1) is 0 Å². The number of ether oxygens (including phenoxy) is 1. The first-order valence-electron chi connectivity index (χ1n) is 11.1. The summed E-state index contributed by atoms with van der Waals surface area (Å²) in [7, 11) is 0. The van der Waals surface area contributed by atoms with E-state index in [1.54, 1.807) is 11.0 Å². The van der Waals surface area contributed by atoms with Gasteiger partial charge < -0.3 is 14.7 Å². The lowest BCUT2D eigenvalue weighted by Gasteiger charge is -2.33. The van der Waals surface area contributed by atoms with Crippen LogP contribution >= 0.6 is 11.8 Å². The minimum Gasteiger partial charge on any atom is -0.463 e. The van der Waals surface area contributed by atoms with Crippen molar-refractivity contribution in [1.29, 1.82) is 0 Å². The first-order valence-corrected chi connectivity index (χ1v) is 12.1. The maximum Gasteiger partial charge on any atom is 0.306 e. The van der Waals surface area contributed by atoms with Crippen molar-refractivity contribution in [2.24, 2.45) is 0 Å². The SMILES string of the molecule is CC(C)OC(=O)CCCCCCN1C(=O)SCC[C@@H]1/C=C/[C@H](O)C(F)(F)c1ccccc1. The second-order valence-electron chi connectivity index (χ2n) is 8.19. The van der Waals surface area contributed by atoms with Gasteiger partial charge in [0.15, 0.2) is 0 Å². The van der Waals surface area contributed by atoms with Crippen LogP contribution in [0.4, 0.5) is 13.6 Å². The fraction of sp³-hybridized carbons (Fsp3) is 0.583. The van der Waals surface area contributed by atoms with E-state index in [9.17, 15) is 23.5 Å². The number of aliphatic hydroxyl groups is 1. The molecule has 0 aromatic heterocycles. The van der Waals surface area contributed by atoms with Crippen LogP contribution in [0, 0.1) is 0 Å². The second-order valence-corrected chi connectivity index (χ2v) is 9.23. The zero-order valence-electron chi connectivity index (χ0n) is 18.7. The standard InChI is InChI=1S/C24H33F2NO4S/c1-18(2)31-22(29)12-8-3-4-9-16-27-20(15-17-32-23(27)30)13-14-21(28)24(25,26)19-10-6-5-7-11-19/h5-7,10-11,13-14,18,20-21,28H,3-4,8-9,12,15-17H2,1-2H3/b14-13+/t20-,21-/m0/s1. The molecule has 32 heavy (non-hydrogen) atoms. The van der Waals surface area contributed by atoms with Crippen LogP contribution < -0.4 is 0 Å². The lowest BCUT2D eigenvalue weighted by Crippen LogP contribution is -2.41. The van der Waals surface area contributed by atoms with Gasteiger partial charge in [0.05, 0.1) is 12.1 Å². The summed E-state index contributed by atoms with van der Waals surface area (Å²) in [5.41, 5.74) is -0.249. The molecule has 1 saturated heterocycles. The van der Waals surface area contributed by atoms with E-state index in [1.807, 2.05) is 13.8 Å². The number of hydrogen-bond acceptors (Lipinski definition) is 5. The molecule has 2 rings (SSSR count). The third kappa shape index (κ3) is 8.20. The van der Waals surface area contributed by atoms with Crippen LogP contribution in [0.1, 0.15) is 57.9 Å². The van der Waals surface area contributed by atoms with Crippen LogP contribution in [0.2, 0.25) is 0 Å². The molecule has 1 aromatic rings. The predicted molar refractivity (Wildman–Crippen MR) is 123 cm³/mol. The Bertz CT molecular complexity index is 758. The van der Waals surface area contributed by atoms with Crippen molar-refractivity contribution in [3.8, 4) is 0 Å². The zero-order valence-corrected chi connectivity index (χ0v) is 19.5. The Balaban J connectivity index is 1.83. The van der Waals surface area contributed by atoms with Gasteiger partial charge in [0.25, 0.3) is 5.24 Å². The van der Waals surface area contributed by atoms with Gasteiger partial charge in [-0.25, -0.2) is 0 Å². The van der Waals surface area contributed by atoms with E-state index in [4.69, 9.17) is 4.74 Å².